The predicted molar refractivity (Wildman–Crippen MR) is 125 cm³/mol. The summed E-state index contributed by atoms with van der Waals surface area (Å²) in [5, 5.41) is 3.23. The number of hydrogen-bond donors (Lipinski definition) is 2. The van der Waals surface area contributed by atoms with Crippen LogP contribution in [0.1, 0.15) is 36.9 Å². The largest absolute Gasteiger partial charge is 0.493 e. The Morgan fingerprint density at radius 3 is 2.48 bits per heavy atom. The van der Waals surface area contributed by atoms with Crippen LogP contribution in [0.2, 0.25) is 0 Å². The van der Waals surface area contributed by atoms with Crippen molar-refractivity contribution in [3.05, 3.63) is 53.6 Å². The normalized spacial score (nSPS) is 16.2. The zero-order valence-electron chi connectivity index (χ0n) is 18.9. The number of benzene rings is 2. The van der Waals surface area contributed by atoms with Gasteiger partial charge in [0, 0.05) is 18.8 Å². The van der Waals surface area contributed by atoms with E-state index in [0.29, 0.717) is 43.1 Å². The number of guanidine groups is 1. The minimum atomic E-state index is 0.0612. The van der Waals surface area contributed by atoms with Crippen molar-refractivity contribution in [1.29, 1.82) is 0 Å². The highest BCUT2D eigenvalue weighted by Crippen LogP contribution is 2.32. The van der Waals surface area contributed by atoms with Crippen LogP contribution in [-0.2, 0) is 4.74 Å². The Kier molecular flexibility index (Phi) is 8.14. The molecule has 0 saturated carbocycles. The number of nitrogens with zero attached hydrogens (tertiary/aromatic N) is 2. The summed E-state index contributed by atoms with van der Waals surface area (Å²) in [6, 6.07) is 14.3. The van der Waals surface area contributed by atoms with Crippen LogP contribution < -0.4 is 20.5 Å². The molecular formula is C24H34N4O3. The minimum Gasteiger partial charge on any atom is -0.493 e. The van der Waals surface area contributed by atoms with Crippen molar-refractivity contribution in [2.75, 3.05) is 52.4 Å². The zero-order valence-corrected chi connectivity index (χ0v) is 18.9. The van der Waals surface area contributed by atoms with Gasteiger partial charge in [-0.05, 0) is 41.3 Å². The number of hydrogen-bond acceptors (Lipinski definition) is 5. The Morgan fingerprint density at radius 2 is 1.81 bits per heavy atom. The molecule has 7 heteroatoms. The predicted octanol–water partition coefficient (Wildman–Crippen LogP) is 3.63. The maximum atomic E-state index is 6.24. The Bertz CT molecular complexity index is 879. The quantitative estimate of drug-likeness (QED) is 0.496. The van der Waals surface area contributed by atoms with Gasteiger partial charge in [0.25, 0.3) is 0 Å². The number of methoxy groups -OCH3 is 2. The van der Waals surface area contributed by atoms with E-state index in [1.807, 2.05) is 24.3 Å². The molecule has 3 N–H and O–H groups in total. The second-order valence-corrected chi connectivity index (χ2v) is 7.91. The maximum Gasteiger partial charge on any atom is 0.193 e. The fourth-order valence-corrected chi connectivity index (χ4v) is 3.73. The van der Waals surface area contributed by atoms with Crippen molar-refractivity contribution in [2.24, 2.45) is 10.7 Å². The molecule has 1 atom stereocenters. The molecule has 1 heterocycles. The molecule has 0 amide bonds. The summed E-state index contributed by atoms with van der Waals surface area (Å²) in [5.74, 6) is 2.27. The lowest BCUT2D eigenvalue weighted by molar-refractivity contribution is 0.0179. The molecule has 2 aromatic rings. The van der Waals surface area contributed by atoms with E-state index in [-0.39, 0.29) is 6.04 Å². The highest BCUT2D eigenvalue weighted by atomic mass is 16.5. The number of anilines is 1. The molecule has 1 fully saturated rings. The van der Waals surface area contributed by atoms with Crippen LogP contribution in [0.25, 0.3) is 0 Å². The van der Waals surface area contributed by atoms with E-state index in [1.54, 1.807) is 14.2 Å². The molecule has 0 bridgehead atoms. The third-order valence-electron chi connectivity index (χ3n) is 5.54. The minimum absolute atomic E-state index is 0.0612. The molecule has 0 radical (unpaired) electrons. The van der Waals surface area contributed by atoms with Gasteiger partial charge in [0.05, 0.1) is 40.0 Å². The summed E-state index contributed by atoms with van der Waals surface area (Å²) in [6.45, 7) is 7.99. The summed E-state index contributed by atoms with van der Waals surface area (Å²) < 4.78 is 16.4. The second-order valence-electron chi connectivity index (χ2n) is 7.91. The lowest BCUT2D eigenvalue weighted by atomic mass is 10.0. The van der Waals surface area contributed by atoms with Gasteiger partial charge in [-0.25, -0.2) is 0 Å². The summed E-state index contributed by atoms with van der Waals surface area (Å²) in [6.07, 6.45) is 0. The number of morpholine rings is 1. The van der Waals surface area contributed by atoms with Crippen LogP contribution in [0, 0.1) is 0 Å². The van der Waals surface area contributed by atoms with Crippen molar-refractivity contribution in [2.45, 2.75) is 25.8 Å². The highest BCUT2D eigenvalue weighted by molar-refractivity contribution is 5.92. The first kappa shape index (κ1) is 22.9. The first-order valence-electron chi connectivity index (χ1n) is 10.7. The van der Waals surface area contributed by atoms with Crippen molar-refractivity contribution in [3.8, 4) is 11.5 Å². The number of rotatable bonds is 8. The molecular weight excluding hydrogens is 392 g/mol. The average Bonchev–Trinajstić information content (AvgIpc) is 2.79. The smallest absolute Gasteiger partial charge is 0.193 e. The third-order valence-corrected chi connectivity index (χ3v) is 5.54. The fourth-order valence-electron chi connectivity index (χ4n) is 3.73. The lowest BCUT2D eigenvalue weighted by Gasteiger charge is -2.34. The molecule has 1 aliphatic heterocycles. The van der Waals surface area contributed by atoms with E-state index < -0.39 is 0 Å². The molecule has 7 nitrogen and oxygen atoms in total. The van der Waals surface area contributed by atoms with E-state index >= 15 is 0 Å². The van der Waals surface area contributed by atoms with Gasteiger partial charge in [-0.15, -0.1) is 0 Å². The Labute approximate surface area is 185 Å². The molecule has 0 aromatic heterocycles. The van der Waals surface area contributed by atoms with Crippen molar-refractivity contribution >= 4 is 11.6 Å². The Morgan fingerprint density at radius 1 is 1.06 bits per heavy atom. The molecule has 31 heavy (non-hydrogen) atoms. The molecule has 0 spiro atoms. The maximum absolute atomic E-state index is 6.24. The first-order valence-corrected chi connectivity index (χ1v) is 10.7. The fraction of sp³-hybridized carbons (Fsp3) is 0.458. The van der Waals surface area contributed by atoms with Crippen LogP contribution in [-0.4, -0.2) is 57.9 Å². The van der Waals surface area contributed by atoms with Gasteiger partial charge >= 0.3 is 0 Å². The lowest BCUT2D eigenvalue weighted by Crippen LogP contribution is -2.40. The van der Waals surface area contributed by atoms with E-state index in [2.05, 4.69) is 47.3 Å². The summed E-state index contributed by atoms with van der Waals surface area (Å²) in [4.78, 5) is 7.05. The number of nitrogens with two attached hydrogens (primary N) is 1. The molecule has 1 aliphatic rings. The van der Waals surface area contributed by atoms with E-state index in [4.69, 9.17) is 19.9 Å². The standard InChI is InChI=1S/C24H34N4O3/c1-17(2)18-6-5-7-20(14-18)27-24(25)26-16-21(28-10-12-31-13-11-28)19-8-9-22(29-3)23(15-19)30-4/h5-9,14-15,17,21H,10-13,16H2,1-4H3,(H3,25,26,27). The monoisotopic (exact) mass is 426 g/mol. The SMILES string of the molecule is COc1ccc(C(CN=C(N)Nc2cccc(C(C)C)c2)N2CCOCC2)cc1OC. The molecule has 0 aliphatic carbocycles. The van der Waals surface area contributed by atoms with Crippen molar-refractivity contribution in [3.63, 3.8) is 0 Å². The number of nitrogens with one attached hydrogen (secondary N) is 1. The third kappa shape index (κ3) is 6.12. The van der Waals surface area contributed by atoms with E-state index in [1.165, 1.54) is 5.56 Å². The number of ether oxygens (including phenoxy) is 3. The first-order chi connectivity index (χ1) is 15.0. The number of aliphatic imine (C=N–C) groups is 1. The van der Waals surface area contributed by atoms with E-state index in [0.717, 1.165) is 24.3 Å². The molecule has 3 rings (SSSR count). The van der Waals surface area contributed by atoms with Crippen molar-refractivity contribution in [1.82, 2.24) is 4.90 Å². The second kappa shape index (κ2) is 11.0. The van der Waals surface area contributed by atoms with Crippen LogP contribution in [0.5, 0.6) is 11.5 Å². The van der Waals surface area contributed by atoms with Gasteiger partial charge in [-0.1, -0.05) is 32.0 Å². The molecule has 1 saturated heterocycles. The van der Waals surface area contributed by atoms with Gasteiger partial charge in [0.1, 0.15) is 0 Å². The zero-order chi connectivity index (χ0) is 22.2. The average molecular weight is 427 g/mol. The van der Waals surface area contributed by atoms with Crippen molar-refractivity contribution < 1.29 is 14.2 Å². The van der Waals surface area contributed by atoms with Crippen LogP contribution >= 0.6 is 0 Å². The van der Waals surface area contributed by atoms with Crippen LogP contribution in [0.4, 0.5) is 5.69 Å². The topological polar surface area (TPSA) is 81.3 Å². The van der Waals surface area contributed by atoms with Crippen LogP contribution in [0.3, 0.4) is 0 Å². The molecule has 1 unspecified atom stereocenters. The molecule has 168 valence electrons. The van der Waals surface area contributed by atoms with Crippen LogP contribution in [0.15, 0.2) is 47.5 Å². The van der Waals surface area contributed by atoms with Gasteiger partial charge in [0.15, 0.2) is 17.5 Å². The summed E-state index contributed by atoms with van der Waals surface area (Å²) >= 11 is 0. The molecule has 2 aromatic carbocycles. The van der Waals surface area contributed by atoms with Gasteiger partial charge in [-0.2, -0.15) is 0 Å². The highest BCUT2D eigenvalue weighted by Gasteiger charge is 2.23. The van der Waals surface area contributed by atoms with Gasteiger partial charge in [0.2, 0.25) is 0 Å². The summed E-state index contributed by atoms with van der Waals surface area (Å²) in [7, 11) is 3.29. The summed E-state index contributed by atoms with van der Waals surface area (Å²) in [5.41, 5.74) is 9.55. The Balaban J connectivity index is 1.79. The Hall–Kier alpha value is -2.77. The van der Waals surface area contributed by atoms with Gasteiger partial charge < -0.3 is 25.3 Å². The van der Waals surface area contributed by atoms with E-state index in [9.17, 15) is 0 Å². The van der Waals surface area contributed by atoms with Gasteiger partial charge in [-0.3, -0.25) is 9.89 Å².